The third-order valence-corrected chi connectivity index (χ3v) is 5.52. The van der Waals surface area contributed by atoms with Crippen molar-refractivity contribution in [1.29, 1.82) is 0 Å². The summed E-state index contributed by atoms with van der Waals surface area (Å²) >= 11 is 0. The lowest BCUT2D eigenvalue weighted by Crippen LogP contribution is -2.40. The van der Waals surface area contributed by atoms with Crippen molar-refractivity contribution in [2.75, 3.05) is 25.0 Å². The van der Waals surface area contributed by atoms with E-state index in [1.807, 2.05) is 14.0 Å². The molecule has 2 aromatic rings. The van der Waals surface area contributed by atoms with Crippen molar-refractivity contribution in [1.82, 2.24) is 14.7 Å². The molecule has 0 unspecified atom stereocenters. The van der Waals surface area contributed by atoms with Crippen LogP contribution < -0.4 is 10.1 Å². The molecule has 8 heteroatoms. The number of benzene rings is 1. The molecule has 1 N–H and O–H groups in total. The molecule has 2 aliphatic heterocycles. The molecule has 1 saturated heterocycles. The Hall–Kier alpha value is -3.16. The molecule has 0 aliphatic carbocycles. The molecule has 28 heavy (non-hydrogen) atoms. The van der Waals surface area contributed by atoms with Crippen molar-refractivity contribution in [3.05, 3.63) is 41.2 Å². The summed E-state index contributed by atoms with van der Waals surface area (Å²) in [5.41, 5.74) is 2.53. The van der Waals surface area contributed by atoms with E-state index in [0.29, 0.717) is 48.5 Å². The molecule has 4 rings (SSSR count). The number of ether oxygens (including phenoxy) is 1. The minimum absolute atomic E-state index is 0.0107. The van der Waals surface area contributed by atoms with Gasteiger partial charge in [0.1, 0.15) is 5.75 Å². The van der Waals surface area contributed by atoms with E-state index >= 15 is 0 Å². The van der Waals surface area contributed by atoms with E-state index in [0.717, 1.165) is 5.69 Å². The Morgan fingerprint density at radius 3 is 2.68 bits per heavy atom. The molecule has 1 aromatic heterocycles. The lowest BCUT2D eigenvalue weighted by atomic mass is 9.88. The number of Topliss-reactive ketones (excluding diaryl/α,β-unsaturated/α-hetero) is 1. The van der Waals surface area contributed by atoms with Crippen LogP contribution in [0.15, 0.2) is 24.4 Å². The Kier molecular flexibility index (Phi) is 4.62. The van der Waals surface area contributed by atoms with Crippen LogP contribution in [-0.2, 0) is 11.8 Å². The molecule has 1 fully saturated rings. The summed E-state index contributed by atoms with van der Waals surface area (Å²) in [6.45, 7) is 2.93. The van der Waals surface area contributed by atoms with Gasteiger partial charge in [-0.3, -0.25) is 19.1 Å². The van der Waals surface area contributed by atoms with Crippen molar-refractivity contribution < 1.29 is 19.1 Å². The molecule has 2 aliphatic rings. The highest BCUT2D eigenvalue weighted by molar-refractivity contribution is 6.02. The third-order valence-electron chi connectivity index (χ3n) is 5.52. The van der Waals surface area contributed by atoms with Crippen LogP contribution in [0.3, 0.4) is 0 Å². The highest BCUT2D eigenvalue weighted by Gasteiger charge is 2.30. The fourth-order valence-electron chi connectivity index (χ4n) is 3.70. The number of carbonyl (C=O) groups excluding carboxylic acids is 3. The molecule has 146 valence electrons. The van der Waals surface area contributed by atoms with E-state index in [4.69, 9.17) is 4.74 Å². The Bertz CT molecular complexity index is 957. The van der Waals surface area contributed by atoms with Gasteiger partial charge in [0.05, 0.1) is 17.4 Å². The number of piperidine rings is 1. The van der Waals surface area contributed by atoms with Gasteiger partial charge in [-0.2, -0.15) is 5.10 Å². The van der Waals surface area contributed by atoms with E-state index in [1.54, 1.807) is 34.0 Å². The lowest BCUT2D eigenvalue weighted by molar-refractivity contribution is -0.118. The number of nitrogens with zero attached hydrogens (tertiary/aromatic N) is 3. The van der Waals surface area contributed by atoms with Crippen LogP contribution in [-0.4, -0.2) is 52.0 Å². The first-order valence-corrected chi connectivity index (χ1v) is 9.33. The number of hydrogen-bond donors (Lipinski definition) is 1. The van der Waals surface area contributed by atoms with Gasteiger partial charge >= 0.3 is 0 Å². The average molecular weight is 382 g/mol. The normalized spacial score (nSPS) is 16.9. The van der Waals surface area contributed by atoms with Crippen LogP contribution in [0, 0.1) is 12.8 Å². The van der Waals surface area contributed by atoms with Crippen molar-refractivity contribution >= 4 is 23.3 Å². The summed E-state index contributed by atoms with van der Waals surface area (Å²) in [4.78, 5) is 38.9. The van der Waals surface area contributed by atoms with Gasteiger partial charge in [-0.15, -0.1) is 0 Å². The van der Waals surface area contributed by atoms with Crippen LogP contribution in [0.2, 0.25) is 0 Å². The van der Waals surface area contributed by atoms with Crippen molar-refractivity contribution in [2.45, 2.75) is 19.8 Å². The van der Waals surface area contributed by atoms with Crippen LogP contribution in [0.25, 0.3) is 0 Å². The summed E-state index contributed by atoms with van der Waals surface area (Å²) in [7, 11) is 1.81. The lowest BCUT2D eigenvalue weighted by Gasteiger charge is -2.31. The molecule has 3 heterocycles. The van der Waals surface area contributed by atoms with Gasteiger partial charge < -0.3 is 15.0 Å². The molecule has 0 radical (unpaired) electrons. The molecular weight excluding hydrogens is 360 g/mol. The Balaban J connectivity index is 1.42. The summed E-state index contributed by atoms with van der Waals surface area (Å²) in [6.07, 6.45) is 2.83. The molecule has 0 saturated carbocycles. The highest BCUT2D eigenvalue weighted by Crippen LogP contribution is 2.31. The molecule has 2 amide bonds. The highest BCUT2D eigenvalue weighted by atomic mass is 16.5. The fraction of sp³-hybridized carbons (Fsp3) is 0.400. The number of fused-ring (bicyclic) bond motifs is 1. The van der Waals surface area contributed by atoms with Crippen molar-refractivity contribution in [3.63, 3.8) is 0 Å². The minimum atomic E-state index is -0.227. The van der Waals surface area contributed by atoms with E-state index in [2.05, 4.69) is 10.4 Å². The van der Waals surface area contributed by atoms with Gasteiger partial charge in [0, 0.05) is 37.3 Å². The molecule has 0 bridgehead atoms. The summed E-state index contributed by atoms with van der Waals surface area (Å²) in [6, 6.07) is 5.12. The molecular formula is C20H22N4O4. The quantitative estimate of drug-likeness (QED) is 0.817. The third kappa shape index (κ3) is 3.26. The smallest absolute Gasteiger partial charge is 0.262 e. The summed E-state index contributed by atoms with van der Waals surface area (Å²) in [5, 5.41) is 6.86. The van der Waals surface area contributed by atoms with E-state index in [1.165, 1.54) is 0 Å². The van der Waals surface area contributed by atoms with Crippen molar-refractivity contribution in [3.8, 4) is 5.75 Å². The Morgan fingerprint density at radius 2 is 2.00 bits per heavy atom. The van der Waals surface area contributed by atoms with Gasteiger partial charge in [-0.25, -0.2) is 0 Å². The number of amides is 2. The van der Waals surface area contributed by atoms with Crippen LogP contribution in [0.4, 0.5) is 5.69 Å². The molecule has 0 atom stereocenters. The topological polar surface area (TPSA) is 93.5 Å². The van der Waals surface area contributed by atoms with Gasteiger partial charge in [0.15, 0.2) is 12.4 Å². The zero-order valence-electron chi connectivity index (χ0n) is 15.9. The fourth-order valence-corrected chi connectivity index (χ4v) is 3.70. The number of anilines is 1. The molecule has 1 aromatic carbocycles. The molecule has 8 nitrogen and oxygen atoms in total. The number of aromatic nitrogens is 2. The van der Waals surface area contributed by atoms with E-state index in [-0.39, 0.29) is 30.1 Å². The predicted octanol–water partition coefficient (Wildman–Crippen LogP) is 1.79. The maximum atomic E-state index is 12.9. The zero-order chi connectivity index (χ0) is 19.8. The number of nitrogens with one attached hydrogen (secondary N) is 1. The SMILES string of the molecule is Cc1c(C(=O)N2CCC(C(=O)c3ccc4c(c3)NC(=O)CO4)CC2)cnn1C. The van der Waals surface area contributed by atoms with Gasteiger partial charge in [-0.1, -0.05) is 0 Å². The Labute approximate surface area is 162 Å². The maximum absolute atomic E-state index is 12.9. The van der Waals surface area contributed by atoms with E-state index < -0.39 is 0 Å². The van der Waals surface area contributed by atoms with Crippen LogP contribution in [0.1, 0.15) is 39.3 Å². The van der Waals surface area contributed by atoms with Crippen LogP contribution in [0.5, 0.6) is 5.75 Å². The minimum Gasteiger partial charge on any atom is -0.482 e. The standard InChI is InChI=1S/C20H22N4O4/c1-12-15(10-21-23(12)2)20(27)24-7-5-13(6-8-24)19(26)14-3-4-17-16(9-14)22-18(25)11-28-17/h3-4,9-10,13H,5-8,11H2,1-2H3,(H,22,25). The molecule has 0 spiro atoms. The van der Waals surface area contributed by atoms with E-state index in [9.17, 15) is 14.4 Å². The number of rotatable bonds is 3. The largest absolute Gasteiger partial charge is 0.482 e. The number of likely N-dealkylation sites (tertiary alicyclic amines) is 1. The summed E-state index contributed by atoms with van der Waals surface area (Å²) in [5.74, 6) is 0.202. The second-order valence-electron chi connectivity index (χ2n) is 7.25. The van der Waals surface area contributed by atoms with Crippen molar-refractivity contribution in [2.24, 2.45) is 13.0 Å². The van der Waals surface area contributed by atoms with Crippen LogP contribution >= 0.6 is 0 Å². The summed E-state index contributed by atoms with van der Waals surface area (Å²) < 4.78 is 7.02. The Morgan fingerprint density at radius 1 is 1.25 bits per heavy atom. The number of hydrogen-bond acceptors (Lipinski definition) is 5. The first-order chi connectivity index (χ1) is 13.4. The number of aryl methyl sites for hydroxylation is 1. The zero-order valence-corrected chi connectivity index (χ0v) is 15.9. The van der Waals surface area contributed by atoms with Gasteiger partial charge in [0.25, 0.3) is 11.8 Å². The average Bonchev–Trinajstić information content (AvgIpc) is 3.05. The maximum Gasteiger partial charge on any atom is 0.262 e. The second kappa shape index (κ2) is 7.10. The predicted molar refractivity (Wildman–Crippen MR) is 101 cm³/mol. The van der Waals surface area contributed by atoms with Gasteiger partial charge in [-0.05, 0) is 38.0 Å². The number of ketones is 1. The number of carbonyl (C=O) groups is 3. The first-order valence-electron chi connectivity index (χ1n) is 9.33. The first kappa shape index (κ1) is 18.2. The van der Waals surface area contributed by atoms with Gasteiger partial charge in [0.2, 0.25) is 0 Å². The monoisotopic (exact) mass is 382 g/mol. The second-order valence-corrected chi connectivity index (χ2v) is 7.25.